The van der Waals surface area contributed by atoms with Crippen LogP contribution in [-0.4, -0.2) is 117 Å². The van der Waals surface area contributed by atoms with Crippen molar-refractivity contribution in [2.24, 2.45) is 0 Å². The van der Waals surface area contributed by atoms with Gasteiger partial charge >= 0.3 is 54.6 Å². The van der Waals surface area contributed by atoms with Crippen molar-refractivity contribution in [3.63, 3.8) is 0 Å². The maximum absolute atomic E-state index is 13.7. The first kappa shape index (κ1) is 47.2. The molecule has 0 aromatic rings. The molecule has 0 aromatic heterocycles. The predicted octanol–water partition coefficient (Wildman–Crippen LogP) is 8.89. The summed E-state index contributed by atoms with van der Waals surface area (Å²) in [5, 5.41) is 0. The maximum atomic E-state index is 13.7. The van der Waals surface area contributed by atoms with Gasteiger partial charge in [-0.2, -0.15) is 92.2 Å². The molecule has 0 N–H and O–H groups in total. The Kier molecular flexibility index (Phi) is 15.6. The van der Waals surface area contributed by atoms with Crippen molar-refractivity contribution in [2.45, 2.75) is 92.4 Å². The van der Waals surface area contributed by atoms with E-state index in [0.717, 1.165) is 0 Å². The molecule has 0 saturated carbocycles. The van der Waals surface area contributed by atoms with Crippen molar-refractivity contribution in [3.05, 3.63) is 0 Å². The first-order valence-electron chi connectivity index (χ1n) is 12.5. The van der Waals surface area contributed by atoms with Crippen molar-refractivity contribution in [2.75, 3.05) is 39.5 Å². The van der Waals surface area contributed by atoms with Crippen molar-refractivity contribution >= 4 is 0 Å². The Bertz CT molecular complexity index is 872. The third kappa shape index (κ3) is 14.4. The Morgan fingerprint density at radius 3 is 0.694 bits per heavy atom. The lowest BCUT2D eigenvalue weighted by atomic mass is 10.1. The predicted molar refractivity (Wildman–Crippen MR) is 111 cm³/mol. The molecule has 0 spiro atoms. The number of alkyl halides is 24. The molecule has 28 heteroatoms. The van der Waals surface area contributed by atoms with Crippen LogP contribution in [0.4, 0.5) is 105 Å². The van der Waals surface area contributed by atoms with Gasteiger partial charge in [-0.15, -0.1) is 0 Å². The second-order valence-corrected chi connectivity index (χ2v) is 9.67. The lowest BCUT2D eigenvalue weighted by molar-refractivity contribution is -0.370. The van der Waals surface area contributed by atoms with Crippen molar-refractivity contribution < 1.29 is 120 Å². The Morgan fingerprint density at radius 1 is 0.347 bits per heavy atom. The molecule has 0 bridgehead atoms. The quantitative estimate of drug-likeness (QED) is 0.109. The number of hydrogen-bond acceptors (Lipinski definition) is 4. The fourth-order valence-corrected chi connectivity index (χ4v) is 3.07. The third-order valence-electron chi connectivity index (χ3n) is 5.65. The summed E-state index contributed by atoms with van der Waals surface area (Å²) in [6.45, 7) is -10.9. The van der Waals surface area contributed by atoms with Gasteiger partial charge in [0.1, 0.15) is 0 Å². The fraction of sp³-hybridized carbons (Fsp3) is 1.00. The summed E-state index contributed by atoms with van der Waals surface area (Å²) in [5.41, 5.74) is 0. The molecule has 4 nitrogen and oxygen atoms in total. The molecule has 3 unspecified atom stereocenters. The van der Waals surface area contributed by atoms with Crippen LogP contribution < -0.4 is 0 Å². The molecule has 0 fully saturated rings. The van der Waals surface area contributed by atoms with Crippen LogP contribution in [0.1, 0.15) is 19.3 Å². The van der Waals surface area contributed by atoms with Crippen molar-refractivity contribution in [1.82, 2.24) is 4.90 Å². The van der Waals surface area contributed by atoms with Gasteiger partial charge in [0.2, 0.25) is 0 Å². The van der Waals surface area contributed by atoms with E-state index in [1.807, 2.05) is 0 Å². The van der Waals surface area contributed by atoms with E-state index in [9.17, 15) is 105 Å². The minimum atomic E-state index is -6.28. The van der Waals surface area contributed by atoms with E-state index >= 15 is 0 Å². The molecular weight excluding hydrogens is 770 g/mol. The summed E-state index contributed by atoms with van der Waals surface area (Å²) in [7, 11) is 0. The number of rotatable bonds is 21. The Morgan fingerprint density at radius 2 is 0.531 bits per heavy atom. The first-order valence-corrected chi connectivity index (χ1v) is 12.5. The molecule has 3 atom stereocenters. The van der Waals surface area contributed by atoms with Gasteiger partial charge in [-0.25, -0.2) is 13.2 Å². The SMILES string of the molecule is FC(CC(F)(F)F)C(F)(F)C(F)(F)OCCN(CCOC(F)(F)C(F)(F)C(F)CC(F)(F)F)CCOC(F)(F)C(F)(F)C(F)CC(F)(F)F. The highest BCUT2D eigenvalue weighted by atomic mass is 19.4. The zero-order valence-corrected chi connectivity index (χ0v) is 23.3. The van der Waals surface area contributed by atoms with Gasteiger partial charge in [-0.05, 0) is 0 Å². The Hall–Kier alpha value is -1.84. The average Bonchev–Trinajstić information content (AvgIpc) is 2.84. The van der Waals surface area contributed by atoms with E-state index in [-0.39, 0.29) is 4.90 Å². The van der Waals surface area contributed by atoms with E-state index in [1.54, 1.807) is 0 Å². The summed E-state index contributed by atoms with van der Waals surface area (Å²) in [4.78, 5) is -0.0510. The van der Waals surface area contributed by atoms with Crippen LogP contribution in [-0.2, 0) is 14.2 Å². The maximum Gasteiger partial charge on any atom is 0.422 e. The van der Waals surface area contributed by atoms with E-state index in [1.165, 1.54) is 0 Å². The standard InChI is InChI=1S/C21H21F24NO3/c22-10(7-13(25,26)27)16(34,35)19(40,41)47-4-1-46(2-5-48-20(42,43)17(36,37)11(23)8-14(28,29)30)3-6-49-21(44,45)18(38,39)12(24)9-15(31,32)33/h10-12H,1-9H2. The second kappa shape index (κ2) is 16.2. The zero-order chi connectivity index (χ0) is 39.3. The third-order valence-corrected chi connectivity index (χ3v) is 5.65. The molecule has 0 aliphatic carbocycles. The van der Waals surface area contributed by atoms with E-state index in [0.29, 0.717) is 0 Å². The summed E-state index contributed by atoms with van der Waals surface area (Å²) in [5.74, 6) is -18.8. The molecule has 0 radical (unpaired) electrons. The molecule has 0 aliphatic heterocycles. The highest BCUT2D eigenvalue weighted by molar-refractivity contribution is 4.89. The van der Waals surface area contributed by atoms with Crippen LogP contribution in [0.25, 0.3) is 0 Å². The lowest BCUT2D eigenvalue weighted by Crippen LogP contribution is -2.52. The molecule has 0 saturated heterocycles. The lowest BCUT2D eigenvalue weighted by Gasteiger charge is -2.32. The number of ether oxygens (including phenoxy) is 3. The monoisotopic (exact) mass is 791 g/mol. The van der Waals surface area contributed by atoms with Gasteiger partial charge in [0, 0.05) is 19.6 Å². The molecule has 296 valence electrons. The molecule has 0 rings (SSSR count). The highest BCUT2D eigenvalue weighted by Crippen LogP contribution is 2.45. The Balaban J connectivity index is 5.84. The normalized spacial score (nSPS) is 17.1. The highest BCUT2D eigenvalue weighted by Gasteiger charge is 2.67. The van der Waals surface area contributed by atoms with Gasteiger partial charge in [0.05, 0.1) is 39.1 Å². The zero-order valence-electron chi connectivity index (χ0n) is 23.3. The molecule has 0 aliphatic rings. The number of halogens is 24. The number of hydrogen-bond donors (Lipinski definition) is 0. The largest absolute Gasteiger partial charge is 0.422 e. The average molecular weight is 791 g/mol. The van der Waals surface area contributed by atoms with E-state index in [4.69, 9.17) is 0 Å². The minimum absolute atomic E-state index is 0.0510. The van der Waals surface area contributed by atoms with Crippen LogP contribution in [0.3, 0.4) is 0 Å². The fourth-order valence-electron chi connectivity index (χ4n) is 3.07. The van der Waals surface area contributed by atoms with E-state index < -0.39 is 132 Å². The Labute approximate surface area is 257 Å². The van der Waals surface area contributed by atoms with Gasteiger partial charge < -0.3 is 14.2 Å². The molecular formula is C21H21F24NO3. The second-order valence-electron chi connectivity index (χ2n) is 9.67. The summed E-state index contributed by atoms with van der Waals surface area (Å²) < 4.78 is 322. The van der Waals surface area contributed by atoms with Gasteiger partial charge in [0.25, 0.3) is 0 Å². The minimum Gasteiger partial charge on any atom is -0.314 e. The molecule has 0 aromatic carbocycles. The van der Waals surface area contributed by atoms with E-state index in [2.05, 4.69) is 14.2 Å². The van der Waals surface area contributed by atoms with Gasteiger partial charge in [-0.3, -0.25) is 4.90 Å². The van der Waals surface area contributed by atoms with Crippen LogP contribution in [0.15, 0.2) is 0 Å². The smallest absolute Gasteiger partial charge is 0.314 e. The van der Waals surface area contributed by atoms with Crippen molar-refractivity contribution in [3.8, 4) is 0 Å². The van der Waals surface area contributed by atoms with Gasteiger partial charge in [0.15, 0.2) is 18.5 Å². The molecule has 0 heterocycles. The van der Waals surface area contributed by atoms with Gasteiger partial charge in [-0.1, -0.05) is 0 Å². The van der Waals surface area contributed by atoms with Crippen LogP contribution >= 0.6 is 0 Å². The molecule has 0 amide bonds. The van der Waals surface area contributed by atoms with Crippen LogP contribution in [0.2, 0.25) is 0 Å². The first-order chi connectivity index (χ1) is 21.4. The molecule has 49 heavy (non-hydrogen) atoms. The number of nitrogens with zero attached hydrogens (tertiary/aromatic N) is 1. The topological polar surface area (TPSA) is 30.9 Å². The van der Waals surface area contributed by atoms with Crippen LogP contribution in [0.5, 0.6) is 0 Å². The summed E-state index contributed by atoms with van der Waals surface area (Å²) in [6, 6.07) is 0. The summed E-state index contributed by atoms with van der Waals surface area (Å²) in [6.07, 6.45) is -59.4. The summed E-state index contributed by atoms with van der Waals surface area (Å²) >= 11 is 0. The van der Waals surface area contributed by atoms with Crippen LogP contribution in [0, 0.1) is 0 Å². The van der Waals surface area contributed by atoms with Crippen molar-refractivity contribution in [1.29, 1.82) is 0 Å².